The molecule has 4 N–H and O–H groups in total. The molecule has 1 rings (SSSR count). The number of aliphatic hydroxyl groups is 4. The van der Waals surface area contributed by atoms with Gasteiger partial charge in [-0.25, -0.2) is 0 Å². The van der Waals surface area contributed by atoms with Gasteiger partial charge in [0.15, 0.2) is 6.29 Å². The molecule has 0 aliphatic carbocycles. The molecule has 1 fully saturated rings. The van der Waals surface area contributed by atoms with Gasteiger partial charge in [-0.05, 0) is 51.4 Å². The zero-order valence-electron chi connectivity index (χ0n) is 35.6. The molecule has 0 saturated carbocycles. The van der Waals surface area contributed by atoms with Crippen molar-refractivity contribution in [2.75, 3.05) is 26.4 Å². The highest BCUT2D eigenvalue weighted by atomic mass is 16.7. The lowest BCUT2D eigenvalue weighted by Crippen LogP contribution is -2.59. The number of unbranched alkanes of at least 4 members (excludes halogenated alkanes) is 19. The van der Waals surface area contributed by atoms with Crippen LogP contribution in [0.4, 0.5) is 0 Å². The maximum Gasteiger partial charge on any atom is 0.306 e. The van der Waals surface area contributed by atoms with Gasteiger partial charge in [-0.3, -0.25) is 4.79 Å². The Hall–Kier alpha value is -1.85. The SMILES string of the molecule is CC/C=C\C/C=C\C/C=C\C/C=C\CCCCCCCCCCCCCOCC(COC1OC(CO)C(O)C(O)C1O)OC(=O)CCCCCCCCCCC. The molecule has 9 nitrogen and oxygen atoms in total. The number of esters is 1. The van der Waals surface area contributed by atoms with Crippen LogP contribution in [0.2, 0.25) is 0 Å². The van der Waals surface area contributed by atoms with E-state index < -0.39 is 43.4 Å². The van der Waals surface area contributed by atoms with Crippen molar-refractivity contribution in [1.29, 1.82) is 0 Å². The summed E-state index contributed by atoms with van der Waals surface area (Å²) in [7, 11) is 0. The highest BCUT2D eigenvalue weighted by Gasteiger charge is 2.44. The van der Waals surface area contributed by atoms with E-state index in [1.807, 2.05) is 0 Å². The van der Waals surface area contributed by atoms with E-state index in [4.69, 9.17) is 18.9 Å². The van der Waals surface area contributed by atoms with Gasteiger partial charge in [0.25, 0.3) is 0 Å². The van der Waals surface area contributed by atoms with E-state index in [1.165, 1.54) is 103 Å². The smallest absolute Gasteiger partial charge is 0.306 e. The Morgan fingerprint density at radius 3 is 1.64 bits per heavy atom. The number of rotatable bonds is 38. The van der Waals surface area contributed by atoms with Gasteiger partial charge in [-0.2, -0.15) is 0 Å². The van der Waals surface area contributed by atoms with Gasteiger partial charge < -0.3 is 39.4 Å². The van der Waals surface area contributed by atoms with Gasteiger partial charge in [-0.1, -0.05) is 172 Å². The van der Waals surface area contributed by atoms with Gasteiger partial charge >= 0.3 is 5.97 Å². The molecule has 6 atom stereocenters. The molecule has 0 bridgehead atoms. The third-order valence-electron chi connectivity index (χ3n) is 10.3. The first kappa shape index (κ1) is 52.2. The molecule has 0 spiro atoms. The number of hydrogen-bond acceptors (Lipinski definition) is 9. The summed E-state index contributed by atoms with van der Waals surface area (Å²) in [5.74, 6) is -0.319. The van der Waals surface area contributed by atoms with E-state index >= 15 is 0 Å². The summed E-state index contributed by atoms with van der Waals surface area (Å²) in [6.07, 6.45) is 40.1. The molecule has 1 heterocycles. The predicted octanol–water partition coefficient (Wildman–Crippen LogP) is 10.1. The molecule has 0 aromatic rings. The summed E-state index contributed by atoms with van der Waals surface area (Å²) < 4.78 is 22.8. The fraction of sp³-hybridized carbons (Fsp3) is 0.809. The molecular weight excluding hydrogens is 709 g/mol. The normalized spacial score (nSPS) is 21.0. The summed E-state index contributed by atoms with van der Waals surface area (Å²) in [6.45, 7) is 4.42. The Morgan fingerprint density at radius 1 is 0.589 bits per heavy atom. The van der Waals surface area contributed by atoms with E-state index in [1.54, 1.807) is 0 Å². The van der Waals surface area contributed by atoms with Gasteiger partial charge in [0.05, 0.1) is 19.8 Å². The number of ether oxygens (including phenoxy) is 4. The minimum absolute atomic E-state index is 0.114. The molecule has 1 aliphatic heterocycles. The lowest BCUT2D eigenvalue weighted by molar-refractivity contribution is -0.305. The van der Waals surface area contributed by atoms with Crippen molar-refractivity contribution in [2.24, 2.45) is 0 Å². The molecule has 0 radical (unpaired) electrons. The van der Waals surface area contributed by atoms with E-state index in [2.05, 4.69) is 62.5 Å². The number of hydrogen-bond donors (Lipinski definition) is 4. The van der Waals surface area contributed by atoms with Crippen LogP contribution >= 0.6 is 0 Å². The topological polar surface area (TPSA) is 135 Å². The number of carbonyl (C=O) groups is 1. The molecule has 56 heavy (non-hydrogen) atoms. The first-order chi connectivity index (χ1) is 27.4. The van der Waals surface area contributed by atoms with E-state index in [-0.39, 0.29) is 19.2 Å². The van der Waals surface area contributed by atoms with Gasteiger partial charge in [-0.15, -0.1) is 0 Å². The maximum absolute atomic E-state index is 12.7. The summed E-state index contributed by atoms with van der Waals surface area (Å²) in [4.78, 5) is 12.7. The van der Waals surface area contributed by atoms with Crippen molar-refractivity contribution >= 4 is 5.97 Å². The fourth-order valence-electron chi connectivity index (χ4n) is 6.72. The molecule has 326 valence electrons. The van der Waals surface area contributed by atoms with Crippen LogP contribution in [0.5, 0.6) is 0 Å². The van der Waals surface area contributed by atoms with E-state index in [0.29, 0.717) is 13.0 Å². The Bertz CT molecular complexity index is 994. The van der Waals surface area contributed by atoms with Crippen LogP contribution in [0.25, 0.3) is 0 Å². The molecule has 6 unspecified atom stereocenters. The van der Waals surface area contributed by atoms with Crippen LogP contribution in [0.3, 0.4) is 0 Å². The molecule has 1 aliphatic rings. The monoisotopic (exact) mass is 793 g/mol. The lowest BCUT2D eigenvalue weighted by Gasteiger charge is -2.39. The Kier molecular flexibility index (Phi) is 36.0. The predicted molar refractivity (Wildman–Crippen MR) is 228 cm³/mol. The third-order valence-corrected chi connectivity index (χ3v) is 10.3. The van der Waals surface area contributed by atoms with Crippen molar-refractivity contribution in [3.8, 4) is 0 Å². The minimum atomic E-state index is -1.53. The average Bonchev–Trinajstić information content (AvgIpc) is 3.20. The van der Waals surface area contributed by atoms with Crippen molar-refractivity contribution < 1.29 is 44.2 Å². The van der Waals surface area contributed by atoms with E-state index in [9.17, 15) is 25.2 Å². The molecule has 9 heteroatoms. The van der Waals surface area contributed by atoms with Crippen LogP contribution in [0.15, 0.2) is 48.6 Å². The standard InChI is InChI=1S/C47H84O9/c1-3-5-7-9-11-13-14-15-16-17-18-19-20-21-22-23-24-25-26-27-29-31-33-35-37-53-39-41(40-54-47-46(52)45(51)44(50)42(38-48)56-47)55-43(49)36-34-32-30-28-12-10-8-6-4-2/h5,7,11,13,15-16,18-19,41-42,44-48,50-52H,3-4,6,8-10,12,14,17,20-40H2,1-2H3/b7-5-,13-11-,16-15-,19-18-. The molecule has 0 aromatic heterocycles. The van der Waals surface area contributed by atoms with Crippen LogP contribution in [0, 0.1) is 0 Å². The van der Waals surface area contributed by atoms with Crippen molar-refractivity contribution in [2.45, 2.75) is 218 Å². The second kappa shape index (κ2) is 38.7. The molecular formula is C47H84O9. The second-order valence-electron chi connectivity index (χ2n) is 15.5. The zero-order valence-corrected chi connectivity index (χ0v) is 35.6. The average molecular weight is 793 g/mol. The van der Waals surface area contributed by atoms with Gasteiger partial charge in [0, 0.05) is 13.0 Å². The first-order valence-corrected chi connectivity index (χ1v) is 22.7. The number of aliphatic hydroxyl groups excluding tert-OH is 4. The quantitative estimate of drug-likeness (QED) is 0.0274. The zero-order chi connectivity index (χ0) is 40.7. The fourth-order valence-corrected chi connectivity index (χ4v) is 6.72. The summed E-state index contributed by atoms with van der Waals surface area (Å²) in [6, 6.07) is 0. The maximum atomic E-state index is 12.7. The highest BCUT2D eigenvalue weighted by Crippen LogP contribution is 2.22. The van der Waals surface area contributed by atoms with Crippen molar-refractivity contribution in [3.05, 3.63) is 48.6 Å². The first-order valence-electron chi connectivity index (χ1n) is 22.7. The Labute approximate surface area is 342 Å². The molecule has 0 amide bonds. The lowest BCUT2D eigenvalue weighted by atomic mass is 9.99. The number of allylic oxidation sites excluding steroid dienone is 8. The van der Waals surface area contributed by atoms with Gasteiger partial charge in [0.1, 0.15) is 30.5 Å². The molecule has 1 saturated heterocycles. The summed E-state index contributed by atoms with van der Waals surface area (Å²) >= 11 is 0. The summed E-state index contributed by atoms with van der Waals surface area (Å²) in [5, 5.41) is 40.0. The Balaban J connectivity index is 2.17. The van der Waals surface area contributed by atoms with E-state index in [0.717, 1.165) is 57.8 Å². The van der Waals surface area contributed by atoms with Crippen molar-refractivity contribution in [1.82, 2.24) is 0 Å². The van der Waals surface area contributed by atoms with Crippen LogP contribution < -0.4 is 0 Å². The van der Waals surface area contributed by atoms with Crippen LogP contribution in [-0.2, 0) is 23.7 Å². The Morgan fingerprint density at radius 2 is 1.09 bits per heavy atom. The number of carbonyl (C=O) groups excluding carboxylic acids is 1. The largest absolute Gasteiger partial charge is 0.457 e. The highest BCUT2D eigenvalue weighted by molar-refractivity contribution is 5.69. The third kappa shape index (κ3) is 29.4. The van der Waals surface area contributed by atoms with Crippen LogP contribution in [0.1, 0.15) is 181 Å². The van der Waals surface area contributed by atoms with Crippen molar-refractivity contribution in [3.63, 3.8) is 0 Å². The van der Waals surface area contributed by atoms with Gasteiger partial charge in [0.2, 0.25) is 0 Å². The molecule has 0 aromatic carbocycles. The summed E-state index contributed by atoms with van der Waals surface area (Å²) in [5.41, 5.74) is 0. The second-order valence-corrected chi connectivity index (χ2v) is 15.5. The minimum Gasteiger partial charge on any atom is -0.457 e. The van der Waals surface area contributed by atoms with Crippen LogP contribution in [-0.4, -0.2) is 89.6 Å².